The number of carbonyl (C=O) groups is 2. The van der Waals surface area contributed by atoms with Gasteiger partial charge in [-0.25, -0.2) is 9.59 Å². The molecule has 0 spiro atoms. The topological polar surface area (TPSA) is 87.7 Å². The first kappa shape index (κ1) is 16.8. The number of ether oxygens (including phenoxy) is 1. The highest BCUT2D eigenvalue weighted by Gasteiger charge is 2.18. The van der Waals surface area contributed by atoms with Gasteiger partial charge in [-0.1, -0.05) is 20.3 Å². The van der Waals surface area contributed by atoms with Crippen LogP contribution in [0, 0.1) is 0 Å². The minimum Gasteiger partial charge on any atom is -0.494 e. The summed E-state index contributed by atoms with van der Waals surface area (Å²) in [5, 5.41) is 14.0. The Hall–Kier alpha value is -2.24. The fourth-order valence-electron chi connectivity index (χ4n) is 1.73. The van der Waals surface area contributed by atoms with Crippen molar-refractivity contribution in [3.05, 3.63) is 24.3 Å². The number of aliphatic carboxylic acids is 1. The lowest BCUT2D eigenvalue weighted by Gasteiger charge is -2.14. The quantitative estimate of drug-likeness (QED) is 0.688. The molecule has 0 radical (unpaired) electrons. The number of nitrogens with one attached hydrogen (secondary N) is 2. The first-order valence-corrected chi connectivity index (χ1v) is 7.10. The Morgan fingerprint density at radius 3 is 2.38 bits per heavy atom. The van der Waals surface area contributed by atoms with Crippen LogP contribution in [0.1, 0.15) is 33.1 Å². The predicted molar refractivity (Wildman–Crippen MR) is 80.7 cm³/mol. The molecule has 1 aromatic rings. The number of benzene rings is 1. The maximum absolute atomic E-state index is 11.7. The molecule has 0 aliphatic rings. The minimum atomic E-state index is -1.03. The molecule has 1 atom stereocenters. The molecule has 0 fully saturated rings. The van der Waals surface area contributed by atoms with Gasteiger partial charge in [-0.2, -0.15) is 0 Å². The third-order valence-corrected chi connectivity index (χ3v) is 2.77. The standard InChI is InChI=1S/C15H22N2O4/c1-3-5-13(14(18)19)17-15(20)16-11-6-8-12(9-7-11)21-10-4-2/h6-9,13H,3-5,10H2,1-2H3,(H,18,19)(H2,16,17,20)/t13-/m1/s1. The molecule has 0 bridgehead atoms. The molecule has 116 valence electrons. The second-order valence-corrected chi connectivity index (χ2v) is 4.65. The molecule has 0 saturated heterocycles. The third-order valence-electron chi connectivity index (χ3n) is 2.77. The molecule has 0 aliphatic carbocycles. The number of rotatable bonds is 8. The first-order chi connectivity index (χ1) is 10.1. The summed E-state index contributed by atoms with van der Waals surface area (Å²) >= 11 is 0. The highest BCUT2D eigenvalue weighted by molar-refractivity contribution is 5.92. The number of carboxylic acid groups (broad SMARTS) is 1. The van der Waals surface area contributed by atoms with E-state index < -0.39 is 18.0 Å². The zero-order valence-corrected chi connectivity index (χ0v) is 12.4. The monoisotopic (exact) mass is 294 g/mol. The molecule has 0 saturated carbocycles. The number of urea groups is 1. The fourth-order valence-corrected chi connectivity index (χ4v) is 1.73. The molecule has 6 nitrogen and oxygen atoms in total. The maximum Gasteiger partial charge on any atom is 0.326 e. The number of carboxylic acids is 1. The third kappa shape index (κ3) is 6.16. The number of carbonyl (C=O) groups excluding carboxylic acids is 1. The van der Waals surface area contributed by atoms with Crippen LogP contribution in [0.25, 0.3) is 0 Å². The molecule has 6 heteroatoms. The molecular weight excluding hydrogens is 272 g/mol. The van der Waals surface area contributed by atoms with Crippen molar-refractivity contribution in [1.29, 1.82) is 0 Å². The molecule has 3 N–H and O–H groups in total. The van der Waals surface area contributed by atoms with Crippen molar-refractivity contribution in [3.63, 3.8) is 0 Å². The van der Waals surface area contributed by atoms with Crippen molar-refractivity contribution in [3.8, 4) is 5.75 Å². The highest BCUT2D eigenvalue weighted by atomic mass is 16.5. The average Bonchev–Trinajstić information content (AvgIpc) is 2.46. The van der Waals surface area contributed by atoms with Gasteiger partial charge in [0.05, 0.1) is 6.61 Å². The van der Waals surface area contributed by atoms with Crippen molar-refractivity contribution in [2.75, 3.05) is 11.9 Å². The van der Waals surface area contributed by atoms with Gasteiger partial charge in [0.1, 0.15) is 11.8 Å². The predicted octanol–water partition coefficient (Wildman–Crippen LogP) is 2.85. The zero-order chi connectivity index (χ0) is 15.7. The average molecular weight is 294 g/mol. The van der Waals surface area contributed by atoms with Crippen LogP contribution in [0.4, 0.5) is 10.5 Å². The Bertz CT molecular complexity index is 459. The van der Waals surface area contributed by atoms with E-state index >= 15 is 0 Å². The van der Waals surface area contributed by atoms with E-state index in [1.54, 1.807) is 24.3 Å². The van der Waals surface area contributed by atoms with E-state index in [1.807, 2.05) is 13.8 Å². The number of hydrogen-bond donors (Lipinski definition) is 3. The van der Waals surface area contributed by atoms with Crippen LogP contribution >= 0.6 is 0 Å². The molecule has 0 heterocycles. The van der Waals surface area contributed by atoms with Gasteiger partial charge >= 0.3 is 12.0 Å². The lowest BCUT2D eigenvalue weighted by molar-refractivity contribution is -0.139. The van der Waals surface area contributed by atoms with E-state index in [0.29, 0.717) is 25.1 Å². The molecule has 2 amide bonds. The van der Waals surface area contributed by atoms with Gasteiger partial charge < -0.3 is 20.5 Å². The Morgan fingerprint density at radius 1 is 1.19 bits per heavy atom. The van der Waals surface area contributed by atoms with E-state index in [-0.39, 0.29) is 0 Å². The summed E-state index contributed by atoms with van der Waals surface area (Å²) in [5.74, 6) is -0.299. The van der Waals surface area contributed by atoms with Gasteiger partial charge in [-0.3, -0.25) is 0 Å². The normalized spacial score (nSPS) is 11.5. The highest BCUT2D eigenvalue weighted by Crippen LogP contribution is 2.15. The SMILES string of the molecule is CCCOc1ccc(NC(=O)N[C@H](CCC)C(=O)O)cc1. The molecule has 21 heavy (non-hydrogen) atoms. The molecule has 1 rings (SSSR count). The molecule has 0 aliphatic heterocycles. The Kier molecular flexibility index (Phi) is 7.08. The summed E-state index contributed by atoms with van der Waals surface area (Å²) < 4.78 is 5.44. The van der Waals surface area contributed by atoms with Crippen molar-refractivity contribution >= 4 is 17.7 Å². The van der Waals surface area contributed by atoms with Gasteiger partial charge in [0.2, 0.25) is 0 Å². The summed E-state index contributed by atoms with van der Waals surface area (Å²) in [7, 11) is 0. The largest absolute Gasteiger partial charge is 0.494 e. The van der Waals surface area contributed by atoms with E-state index in [1.165, 1.54) is 0 Å². The van der Waals surface area contributed by atoms with Gasteiger partial charge in [0.25, 0.3) is 0 Å². The van der Waals surface area contributed by atoms with Crippen LogP contribution in [0.15, 0.2) is 24.3 Å². The summed E-state index contributed by atoms with van der Waals surface area (Å²) in [6.07, 6.45) is 2.00. The lowest BCUT2D eigenvalue weighted by atomic mass is 10.2. The van der Waals surface area contributed by atoms with Crippen molar-refractivity contribution in [2.45, 2.75) is 39.2 Å². The lowest BCUT2D eigenvalue weighted by Crippen LogP contribution is -2.42. The first-order valence-electron chi connectivity index (χ1n) is 7.10. The van der Waals surface area contributed by atoms with E-state index in [2.05, 4.69) is 10.6 Å². The molecule has 1 aromatic carbocycles. The van der Waals surface area contributed by atoms with E-state index in [9.17, 15) is 9.59 Å². The Labute approximate surface area is 124 Å². The molecular formula is C15H22N2O4. The van der Waals surface area contributed by atoms with Gasteiger partial charge in [0, 0.05) is 5.69 Å². The Morgan fingerprint density at radius 2 is 1.86 bits per heavy atom. The smallest absolute Gasteiger partial charge is 0.326 e. The second kappa shape index (κ2) is 8.84. The van der Waals surface area contributed by atoms with Crippen LogP contribution < -0.4 is 15.4 Å². The summed E-state index contributed by atoms with van der Waals surface area (Å²) in [6, 6.07) is 5.53. The van der Waals surface area contributed by atoms with Crippen molar-refractivity contribution < 1.29 is 19.4 Å². The van der Waals surface area contributed by atoms with Gasteiger partial charge in [-0.15, -0.1) is 0 Å². The fraction of sp³-hybridized carbons (Fsp3) is 0.467. The van der Waals surface area contributed by atoms with E-state index in [0.717, 1.165) is 12.2 Å². The number of amides is 2. The molecule has 0 aromatic heterocycles. The molecule has 0 unspecified atom stereocenters. The van der Waals surface area contributed by atoms with E-state index in [4.69, 9.17) is 9.84 Å². The van der Waals surface area contributed by atoms with Crippen molar-refractivity contribution in [2.24, 2.45) is 0 Å². The van der Waals surface area contributed by atoms with Crippen LogP contribution in [-0.4, -0.2) is 29.8 Å². The summed E-state index contributed by atoms with van der Waals surface area (Å²) in [6.45, 7) is 4.53. The van der Waals surface area contributed by atoms with Crippen molar-refractivity contribution in [1.82, 2.24) is 5.32 Å². The number of anilines is 1. The van der Waals surface area contributed by atoms with Crippen LogP contribution in [-0.2, 0) is 4.79 Å². The summed E-state index contributed by atoms with van der Waals surface area (Å²) in [5.41, 5.74) is 0.581. The Balaban J connectivity index is 2.52. The van der Waals surface area contributed by atoms with Crippen LogP contribution in [0.5, 0.6) is 5.75 Å². The van der Waals surface area contributed by atoms with Crippen LogP contribution in [0.2, 0.25) is 0 Å². The second-order valence-electron chi connectivity index (χ2n) is 4.65. The maximum atomic E-state index is 11.7. The zero-order valence-electron chi connectivity index (χ0n) is 12.4. The summed E-state index contributed by atoms with van der Waals surface area (Å²) in [4.78, 5) is 22.7. The van der Waals surface area contributed by atoms with Crippen LogP contribution in [0.3, 0.4) is 0 Å². The van der Waals surface area contributed by atoms with Gasteiger partial charge in [0.15, 0.2) is 0 Å². The van der Waals surface area contributed by atoms with Gasteiger partial charge in [-0.05, 0) is 37.1 Å². The number of hydrogen-bond acceptors (Lipinski definition) is 3. The minimum absolute atomic E-state index is 0.395.